The first-order valence-electron chi connectivity index (χ1n) is 5.14. The lowest BCUT2D eigenvalue weighted by atomic mass is 10.2. The molecule has 1 heterocycles. The van der Waals surface area contributed by atoms with Crippen molar-refractivity contribution in [2.75, 3.05) is 13.1 Å². The highest BCUT2D eigenvalue weighted by Crippen LogP contribution is 2.03. The maximum atomic E-state index is 5.16. The maximum absolute atomic E-state index is 5.16. The zero-order valence-electron chi connectivity index (χ0n) is 8.18. The van der Waals surface area contributed by atoms with Crippen LogP contribution in [0, 0.1) is 12.3 Å². The normalized spacial score (nSPS) is 16.1. The molecule has 0 aromatic rings. The molecule has 0 unspecified atom stereocenters. The molecule has 0 saturated heterocycles. The minimum Gasteiger partial charge on any atom is -0.374 e. The molecule has 1 rings (SSSR count). The Morgan fingerprint density at radius 2 is 2.31 bits per heavy atom. The number of hydrogen-bond acceptors (Lipinski definition) is 2. The first-order chi connectivity index (χ1) is 6.43. The highest BCUT2D eigenvalue weighted by Gasteiger charge is 2.02. The lowest BCUT2D eigenvalue weighted by molar-refractivity contribution is 0.678. The molecule has 0 aromatic heterocycles. The zero-order valence-corrected chi connectivity index (χ0v) is 8.18. The van der Waals surface area contributed by atoms with E-state index in [9.17, 15) is 0 Å². The van der Waals surface area contributed by atoms with Crippen molar-refractivity contribution in [1.29, 1.82) is 0 Å². The highest BCUT2D eigenvalue weighted by molar-refractivity contribution is 5.82. The monoisotopic (exact) mass is 178 g/mol. The minimum atomic E-state index is 0.897. The molecule has 1 N–H and O–H groups in total. The third-order valence-corrected chi connectivity index (χ3v) is 2.20. The number of amidine groups is 1. The molecule has 0 aliphatic carbocycles. The molecule has 0 radical (unpaired) electrons. The van der Waals surface area contributed by atoms with E-state index in [4.69, 9.17) is 6.42 Å². The van der Waals surface area contributed by atoms with Crippen LogP contribution >= 0.6 is 0 Å². The van der Waals surface area contributed by atoms with Crippen molar-refractivity contribution in [2.45, 2.75) is 38.5 Å². The summed E-state index contributed by atoms with van der Waals surface area (Å²) in [5, 5.41) is 3.36. The summed E-state index contributed by atoms with van der Waals surface area (Å²) in [5.41, 5.74) is 0. The second-order valence-electron chi connectivity index (χ2n) is 3.37. The van der Waals surface area contributed by atoms with Crippen molar-refractivity contribution in [3.63, 3.8) is 0 Å². The van der Waals surface area contributed by atoms with E-state index in [2.05, 4.69) is 16.2 Å². The average molecular weight is 178 g/mol. The number of nitrogens with one attached hydrogen (secondary N) is 1. The molecule has 0 fully saturated rings. The van der Waals surface area contributed by atoms with Crippen LogP contribution in [0.2, 0.25) is 0 Å². The average Bonchev–Trinajstić information content (AvgIpc) is 2.19. The van der Waals surface area contributed by atoms with E-state index in [0.717, 1.165) is 38.8 Å². The van der Waals surface area contributed by atoms with Crippen molar-refractivity contribution >= 4 is 5.84 Å². The minimum absolute atomic E-state index is 0.897. The van der Waals surface area contributed by atoms with Gasteiger partial charge in [-0.1, -0.05) is 0 Å². The van der Waals surface area contributed by atoms with Crippen LogP contribution < -0.4 is 5.32 Å². The van der Waals surface area contributed by atoms with Gasteiger partial charge in [0, 0.05) is 25.9 Å². The molecule has 1 aliphatic rings. The van der Waals surface area contributed by atoms with Gasteiger partial charge < -0.3 is 5.32 Å². The van der Waals surface area contributed by atoms with E-state index in [-0.39, 0.29) is 0 Å². The van der Waals surface area contributed by atoms with Crippen molar-refractivity contribution in [2.24, 2.45) is 4.99 Å². The van der Waals surface area contributed by atoms with Crippen LogP contribution in [0.25, 0.3) is 0 Å². The summed E-state index contributed by atoms with van der Waals surface area (Å²) in [6.07, 6.45) is 12.0. The summed E-state index contributed by atoms with van der Waals surface area (Å²) in [4.78, 5) is 4.41. The fourth-order valence-corrected chi connectivity index (χ4v) is 1.43. The first-order valence-corrected chi connectivity index (χ1v) is 5.14. The molecule has 0 aromatic carbocycles. The van der Waals surface area contributed by atoms with E-state index in [1.54, 1.807) is 0 Å². The topological polar surface area (TPSA) is 24.4 Å². The number of unbranched alkanes of at least 4 members (excludes halogenated alkanes) is 2. The number of nitrogens with zero attached hydrogens (tertiary/aromatic N) is 1. The third kappa shape index (κ3) is 4.57. The Labute approximate surface area is 80.8 Å². The molecule has 0 spiro atoms. The Bertz CT molecular complexity index is 201. The Morgan fingerprint density at radius 3 is 3.00 bits per heavy atom. The van der Waals surface area contributed by atoms with Gasteiger partial charge in [-0.3, -0.25) is 4.99 Å². The Hall–Kier alpha value is -0.970. The molecular weight excluding hydrogens is 160 g/mol. The quantitative estimate of drug-likeness (QED) is 0.516. The van der Waals surface area contributed by atoms with E-state index < -0.39 is 0 Å². The summed E-state index contributed by atoms with van der Waals surface area (Å²) < 4.78 is 0. The van der Waals surface area contributed by atoms with Gasteiger partial charge in [-0.25, -0.2) is 0 Å². The standard InChI is InChI=1S/C11H18N2/c1-2-3-4-6-9-12-11-8-5-7-10-13-11/h1H,3-10H2,(H,12,13). The van der Waals surface area contributed by atoms with Crippen LogP contribution in [0.3, 0.4) is 0 Å². The first kappa shape index (κ1) is 10.1. The van der Waals surface area contributed by atoms with Gasteiger partial charge in [0.2, 0.25) is 0 Å². The third-order valence-electron chi connectivity index (χ3n) is 2.20. The second kappa shape index (κ2) is 6.54. The summed E-state index contributed by atoms with van der Waals surface area (Å²) in [7, 11) is 0. The molecule has 2 heteroatoms. The maximum Gasteiger partial charge on any atom is 0.0963 e. The predicted octanol–water partition coefficient (Wildman–Crippen LogP) is 1.96. The van der Waals surface area contributed by atoms with Crippen molar-refractivity contribution in [1.82, 2.24) is 5.32 Å². The molecule has 0 amide bonds. The number of terminal acetylenes is 1. The van der Waals surface area contributed by atoms with E-state index in [1.807, 2.05) is 0 Å². The zero-order chi connectivity index (χ0) is 9.36. The lowest BCUT2D eigenvalue weighted by Crippen LogP contribution is -2.26. The Morgan fingerprint density at radius 1 is 1.38 bits per heavy atom. The lowest BCUT2D eigenvalue weighted by Gasteiger charge is -2.13. The molecule has 1 aliphatic heterocycles. The molecule has 0 saturated carbocycles. The van der Waals surface area contributed by atoms with Gasteiger partial charge in [-0.2, -0.15) is 0 Å². The second-order valence-corrected chi connectivity index (χ2v) is 3.37. The molecule has 0 bridgehead atoms. The molecule has 13 heavy (non-hydrogen) atoms. The van der Waals surface area contributed by atoms with Crippen LogP contribution in [-0.2, 0) is 0 Å². The van der Waals surface area contributed by atoms with Crippen LogP contribution in [-0.4, -0.2) is 18.9 Å². The Kier molecular flexibility index (Phi) is 5.08. The van der Waals surface area contributed by atoms with Crippen molar-refractivity contribution in [3.8, 4) is 12.3 Å². The fraction of sp³-hybridized carbons (Fsp3) is 0.727. The van der Waals surface area contributed by atoms with E-state index in [0.29, 0.717) is 0 Å². The molecular formula is C11H18N2. The largest absolute Gasteiger partial charge is 0.374 e. The number of hydrogen-bond donors (Lipinski definition) is 1. The van der Waals surface area contributed by atoms with Crippen LogP contribution in [0.4, 0.5) is 0 Å². The predicted molar refractivity (Wildman–Crippen MR) is 56.8 cm³/mol. The van der Waals surface area contributed by atoms with E-state index in [1.165, 1.54) is 18.7 Å². The Balaban J connectivity index is 1.99. The fourth-order valence-electron chi connectivity index (χ4n) is 1.43. The van der Waals surface area contributed by atoms with Crippen molar-refractivity contribution in [3.05, 3.63) is 0 Å². The van der Waals surface area contributed by atoms with E-state index >= 15 is 0 Å². The van der Waals surface area contributed by atoms with Gasteiger partial charge in [-0.15, -0.1) is 12.3 Å². The van der Waals surface area contributed by atoms with Gasteiger partial charge in [0.1, 0.15) is 0 Å². The van der Waals surface area contributed by atoms with Crippen LogP contribution in [0.15, 0.2) is 4.99 Å². The summed E-state index contributed by atoms with van der Waals surface area (Å²) in [6.45, 7) is 2.03. The van der Waals surface area contributed by atoms with Gasteiger partial charge in [-0.05, 0) is 25.7 Å². The van der Waals surface area contributed by atoms with Gasteiger partial charge >= 0.3 is 0 Å². The SMILES string of the molecule is C#CCCCCNC1=NCCCC1. The smallest absolute Gasteiger partial charge is 0.0963 e. The van der Waals surface area contributed by atoms with Gasteiger partial charge in [0.15, 0.2) is 0 Å². The van der Waals surface area contributed by atoms with Crippen LogP contribution in [0.5, 0.6) is 0 Å². The van der Waals surface area contributed by atoms with Crippen molar-refractivity contribution < 1.29 is 0 Å². The van der Waals surface area contributed by atoms with Crippen LogP contribution in [0.1, 0.15) is 38.5 Å². The molecule has 2 nitrogen and oxygen atoms in total. The molecule has 72 valence electrons. The van der Waals surface area contributed by atoms with Gasteiger partial charge in [0.05, 0.1) is 5.84 Å². The summed E-state index contributed by atoms with van der Waals surface area (Å²) >= 11 is 0. The highest BCUT2D eigenvalue weighted by atomic mass is 15.0. The number of aliphatic imine (C=N–C) groups is 1. The summed E-state index contributed by atoms with van der Waals surface area (Å²) in [6, 6.07) is 0. The molecule has 0 atom stereocenters. The summed E-state index contributed by atoms with van der Waals surface area (Å²) in [5.74, 6) is 3.85. The number of rotatable bonds is 4. The van der Waals surface area contributed by atoms with Gasteiger partial charge in [0.25, 0.3) is 0 Å².